The summed E-state index contributed by atoms with van der Waals surface area (Å²) >= 11 is 0. The second kappa shape index (κ2) is 5.50. The number of benzene rings is 2. The molecule has 4 heteroatoms. The molecule has 0 amide bonds. The summed E-state index contributed by atoms with van der Waals surface area (Å²) in [4.78, 5) is 18.3. The fraction of sp³-hybridized carbons (Fsp3) is 0. The molecule has 0 aliphatic rings. The smallest absolute Gasteiger partial charge is 0.256 e. The third-order valence-corrected chi connectivity index (χ3v) is 3.85. The summed E-state index contributed by atoms with van der Waals surface area (Å²) in [6, 6.07) is 19.7. The van der Waals surface area contributed by atoms with Crippen molar-refractivity contribution in [1.82, 2.24) is 9.97 Å². The lowest BCUT2D eigenvalue weighted by Crippen LogP contribution is -2.08. The molecule has 4 aromatic rings. The predicted molar refractivity (Wildman–Crippen MR) is 94.1 cm³/mol. The van der Waals surface area contributed by atoms with Crippen molar-refractivity contribution in [1.29, 1.82) is 0 Å². The first-order valence-electron chi connectivity index (χ1n) is 7.42. The summed E-state index contributed by atoms with van der Waals surface area (Å²) in [6.07, 6.45) is 3.56. The Labute approximate surface area is 132 Å². The molecule has 0 bridgehead atoms. The lowest BCUT2D eigenvalue weighted by molar-refractivity contribution is 1.24. The zero-order valence-corrected chi connectivity index (χ0v) is 12.3. The minimum Gasteiger partial charge on any atom is -0.361 e. The molecule has 4 nitrogen and oxygen atoms in total. The second-order valence-corrected chi connectivity index (χ2v) is 5.37. The zero-order valence-electron chi connectivity index (χ0n) is 12.3. The molecule has 0 aliphatic heterocycles. The maximum atomic E-state index is 12.3. The first-order valence-corrected chi connectivity index (χ1v) is 7.42. The largest absolute Gasteiger partial charge is 0.361 e. The summed E-state index contributed by atoms with van der Waals surface area (Å²) in [5.74, 6) is 0. The van der Waals surface area contributed by atoms with Crippen LogP contribution < -0.4 is 10.9 Å². The number of hydrogen-bond donors (Lipinski definition) is 3. The van der Waals surface area contributed by atoms with Gasteiger partial charge in [0.1, 0.15) is 0 Å². The fourth-order valence-electron chi connectivity index (χ4n) is 2.74. The molecule has 0 saturated carbocycles. The molecule has 112 valence electrons. The van der Waals surface area contributed by atoms with Crippen LogP contribution in [0, 0.1) is 0 Å². The Morgan fingerprint density at radius 2 is 1.52 bits per heavy atom. The minimum atomic E-state index is -0.103. The van der Waals surface area contributed by atoms with Crippen molar-refractivity contribution in [2.24, 2.45) is 0 Å². The van der Waals surface area contributed by atoms with Crippen LogP contribution in [0.25, 0.3) is 22.0 Å². The van der Waals surface area contributed by atoms with Crippen LogP contribution in [0.4, 0.5) is 11.4 Å². The van der Waals surface area contributed by atoms with Crippen LogP contribution in [0.1, 0.15) is 0 Å². The van der Waals surface area contributed by atoms with Gasteiger partial charge in [0.2, 0.25) is 0 Å². The molecule has 0 radical (unpaired) electrons. The van der Waals surface area contributed by atoms with Crippen LogP contribution in [-0.4, -0.2) is 9.97 Å². The maximum absolute atomic E-state index is 12.3. The molecule has 0 fully saturated rings. The number of anilines is 2. The van der Waals surface area contributed by atoms with E-state index in [4.69, 9.17) is 0 Å². The van der Waals surface area contributed by atoms with Gasteiger partial charge >= 0.3 is 0 Å². The number of H-pyrrole nitrogens is 2. The van der Waals surface area contributed by atoms with E-state index in [1.807, 2.05) is 66.9 Å². The van der Waals surface area contributed by atoms with Gasteiger partial charge in [-0.1, -0.05) is 36.4 Å². The van der Waals surface area contributed by atoms with Gasteiger partial charge in [-0.3, -0.25) is 4.79 Å². The SMILES string of the molecule is O=c1[nH]cc(Nc2ccccc2)cc1-c1c[nH]c2ccccc12. The number of pyridine rings is 1. The molecule has 0 saturated heterocycles. The molecule has 4 rings (SSSR count). The van der Waals surface area contributed by atoms with Crippen LogP contribution in [0.5, 0.6) is 0 Å². The van der Waals surface area contributed by atoms with Crippen LogP contribution in [-0.2, 0) is 0 Å². The molecule has 23 heavy (non-hydrogen) atoms. The van der Waals surface area contributed by atoms with E-state index in [2.05, 4.69) is 15.3 Å². The summed E-state index contributed by atoms with van der Waals surface area (Å²) in [5.41, 5.74) is 4.28. The Morgan fingerprint density at radius 1 is 0.739 bits per heavy atom. The Bertz CT molecular complexity index is 1020. The van der Waals surface area contributed by atoms with Gasteiger partial charge in [-0.15, -0.1) is 0 Å². The summed E-state index contributed by atoms with van der Waals surface area (Å²) in [7, 11) is 0. The van der Waals surface area contributed by atoms with Crippen molar-refractivity contribution >= 4 is 22.3 Å². The molecule has 2 aromatic heterocycles. The maximum Gasteiger partial charge on any atom is 0.256 e. The van der Waals surface area contributed by atoms with E-state index in [1.54, 1.807) is 6.20 Å². The van der Waals surface area contributed by atoms with Crippen molar-refractivity contribution in [3.05, 3.63) is 83.4 Å². The van der Waals surface area contributed by atoms with E-state index in [0.717, 1.165) is 27.8 Å². The summed E-state index contributed by atoms with van der Waals surface area (Å²) < 4.78 is 0. The Balaban J connectivity index is 1.80. The van der Waals surface area contributed by atoms with Crippen molar-refractivity contribution in [2.45, 2.75) is 0 Å². The van der Waals surface area contributed by atoms with Crippen LogP contribution in [0.2, 0.25) is 0 Å². The van der Waals surface area contributed by atoms with Crippen molar-refractivity contribution < 1.29 is 0 Å². The van der Waals surface area contributed by atoms with E-state index < -0.39 is 0 Å². The lowest BCUT2D eigenvalue weighted by Gasteiger charge is -2.07. The van der Waals surface area contributed by atoms with Crippen molar-refractivity contribution in [3.8, 4) is 11.1 Å². The molecule has 2 heterocycles. The standard InChI is InChI=1S/C19H15N3O/c23-19-16(17-12-20-18-9-5-4-8-15(17)18)10-14(11-21-19)22-13-6-2-1-3-7-13/h1-12,20,22H,(H,21,23). The quantitative estimate of drug-likeness (QED) is 0.529. The van der Waals surface area contributed by atoms with Crippen molar-refractivity contribution in [2.75, 3.05) is 5.32 Å². The van der Waals surface area contributed by atoms with Gasteiger partial charge in [0.05, 0.1) is 11.3 Å². The number of para-hydroxylation sites is 2. The molecule has 3 N–H and O–H groups in total. The van der Waals surface area contributed by atoms with Crippen LogP contribution in [0.15, 0.2) is 77.9 Å². The zero-order chi connectivity index (χ0) is 15.6. The van der Waals surface area contributed by atoms with E-state index in [0.29, 0.717) is 5.56 Å². The number of nitrogens with one attached hydrogen (secondary N) is 3. The normalized spacial score (nSPS) is 10.8. The van der Waals surface area contributed by atoms with Crippen LogP contribution in [0.3, 0.4) is 0 Å². The third kappa shape index (κ3) is 2.51. The highest BCUT2D eigenvalue weighted by molar-refractivity contribution is 5.95. The molecule has 0 aliphatic carbocycles. The molecule has 0 unspecified atom stereocenters. The highest BCUT2D eigenvalue weighted by Gasteiger charge is 2.10. The summed E-state index contributed by atoms with van der Waals surface area (Å²) in [6.45, 7) is 0. The molecular formula is C19H15N3O. The average Bonchev–Trinajstić information content (AvgIpc) is 3.01. The molecular weight excluding hydrogens is 286 g/mol. The number of aromatic nitrogens is 2. The number of hydrogen-bond acceptors (Lipinski definition) is 2. The Morgan fingerprint density at radius 3 is 2.39 bits per heavy atom. The Hall–Kier alpha value is -3.27. The highest BCUT2D eigenvalue weighted by Crippen LogP contribution is 2.28. The number of fused-ring (bicyclic) bond motifs is 1. The predicted octanol–water partition coefficient (Wildman–Crippen LogP) is 4.27. The fourth-order valence-corrected chi connectivity index (χ4v) is 2.74. The van der Waals surface area contributed by atoms with E-state index >= 15 is 0 Å². The van der Waals surface area contributed by atoms with E-state index in [-0.39, 0.29) is 5.56 Å². The van der Waals surface area contributed by atoms with Crippen molar-refractivity contribution in [3.63, 3.8) is 0 Å². The van der Waals surface area contributed by atoms with Gasteiger partial charge in [-0.05, 0) is 24.3 Å². The number of aromatic amines is 2. The van der Waals surface area contributed by atoms with E-state index in [1.165, 1.54) is 0 Å². The highest BCUT2D eigenvalue weighted by atomic mass is 16.1. The van der Waals surface area contributed by atoms with Gasteiger partial charge in [0.15, 0.2) is 0 Å². The molecule has 0 spiro atoms. The second-order valence-electron chi connectivity index (χ2n) is 5.37. The third-order valence-electron chi connectivity index (χ3n) is 3.85. The van der Waals surface area contributed by atoms with Gasteiger partial charge in [-0.2, -0.15) is 0 Å². The molecule has 0 atom stereocenters. The van der Waals surface area contributed by atoms with E-state index in [9.17, 15) is 4.79 Å². The summed E-state index contributed by atoms with van der Waals surface area (Å²) in [5, 5.41) is 4.34. The number of rotatable bonds is 3. The van der Waals surface area contributed by atoms with Gasteiger partial charge in [0, 0.05) is 34.5 Å². The Kier molecular flexibility index (Phi) is 3.20. The lowest BCUT2D eigenvalue weighted by atomic mass is 10.1. The molecule has 2 aromatic carbocycles. The minimum absolute atomic E-state index is 0.103. The average molecular weight is 301 g/mol. The van der Waals surface area contributed by atoms with Crippen LogP contribution >= 0.6 is 0 Å². The van der Waals surface area contributed by atoms with Gasteiger partial charge < -0.3 is 15.3 Å². The topological polar surface area (TPSA) is 60.7 Å². The first-order chi connectivity index (χ1) is 11.3. The van der Waals surface area contributed by atoms with Gasteiger partial charge in [0.25, 0.3) is 5.56 Å². The first kappa shape index (κ1) is 13.4. The monoisotopic (exact) mass is 301 g/mol. The van der Waals surface area contributed by atoms with Gasteiger partial charge in [-0.25, -0.2) is 0 Å².